The second-order valence-corrected chi connectivity index (χ2v) is 5.30. The van der Waals surface area contributed by atoms with E-state index in [9.17, 15) is 14.4 Å². The van der Waals surface area contributed by atoms with E-state index in [1.165, 1.54) is 27.7 Å². The number of carbonyl (C=O) groups excluding carboxylic acids is 2. The quantitative estimate of drug-likeness (QED) is 0.379. The topological polar surface area (TPSA) is 121 Å². The highest BCUT2D eigenvalue weighted by atomic mass is 16.6. The Morgan fingerprint density at radius 1 is 1.00 bits per heavy atom. The highest BCUT2D eigenvalue weighted by molar-refractivity contribution is 5.91. The first-order valence-electron chi connectivity index (χ1n) is 5.78. The molecule has 0 aromatic carbocycles. The molecule has 0 heterocycles. The third kappa shape index (κ3) is 7.65. The van der Waals surface area contributed by atoms with Crippen LogP contribution in [0.1, 0.15) is 27.7 Å². The van der Waals surface area contributed by atoms with Gasteiger partial charge in [-0.2, -0.15) is 0 Å². The van der Waals surface area contributed by atoms with Crippen LogP contribution in [0.15, 0.2) is 12.7 Å². The molecule has 0 aromatic heterocycles. The summed E-state index contributed by atoms with van der Waals surface area (Å²) in [5.74, 6) is -2.57. The van der Waals surface area contributed by atoms with Gasteiger partial charge in [-0.15, -0.1) is 0 Å². The number of carboxylic acid groups (broad SMARTS) is 1. The molecule has 20 heavy (non-hydrogen) atoms. The first-order chi connectivity index (χ1) is 8.94. The fourth-order valence-corrected chi connectivity index (χ4v) is 0.490. The van der Waals surface area contributed by atoms with Crippen LogP contribution in [0.5, 0.6) is 0 Å². The van der Waals surface area contributed by atoms with Crippen molar-refractivity contribution < 1.29 is 34.4 Å². The molecule has 0 radical (unpaired) electrons. The van der Waals surface area contributed by atoms with Gasteiger partial charge in [0.15, 0.2) is 0 Å². The lowest BCUT2D eigenvalue weighted by molar-refractivity contribution is -0.174. The molecule has 0 amide bonds. The van der Waals surface area contributed by atoms with Crippen molar-refractivity contribution in [3.05, 3.63) is 12.7 Å². The third-order valence-electron chi connectivity index (χ3n) is 2.26. The van der Waals surface area contributed by atoms with E-state index in [2.05, 4.69) is 11.3 Å². The molecule has 0 spiro atoms. The molecule has 0 aliphatic carbocycles. The summed E-state index contributed by atoms with van der Waals surface area (Å²) in [7, 11) is 0. The van der Waals surface area contributed by atoms with Gasteiger partial charge < -0.3 is 20.1 Å². The van der Waals surface area contributed by atoms with Gasteiger partial charge in [-0.3, -0.25) is 9.59 Å². The second-order valence-electron chi connectivity index (χ2n) is 5.30. The first-order valence-corrected chi connectivity index (χ1v) is 5.78. The SMILES string of the molecule is C=CC(=O)O.CC(C)(CO)C(=O)OC(=O)C(C)(C)CO. The van der Waals surface area contributed by atoms with Crippen molar-refractivity contribution in [1.29, 1.82) is 0 Å². The summed E-state index contributed by atoms with van der Waals surface area (Å²) in [5.41, 5.74) is -2.22. The van der Waals surface area contributed by atoms with Crippen LogP contribution in [0.25, 0.3) is 0 Å². The zero-order chi connectivity index (χ0) is 16.6. The minimum absolute atomic E-state index is 0.404. The molecule has 0 unspecified atom stereocenters. The zero-order valence-corrected chi connectivity index (χ0v) is 12.2. The maximum atomic E-state index is 11.4. The van der Waals surface area contributed by atoms with Crippen LogP contribution < -0.4 is 0 Å². The minimum Gasteiger partial charge on any atom is -0.478 e. The predicted molar refractivity (Wildman–Crippen MR) is 70.7 cm³/mol. The maximum Gasteiger partial charge on any atom is 0.327 e. The highest BCUT2D eigenvalue weighted by Crippen LogP contribution is 2.21. The molecular weight excluding hydrogens is 268 g/mol. The van der Waals surface area contributed by atoms with Crippen molar-refractivity contribution in [3.63, 3.8) is 0 Å². The fourth-order valence-electron chi connectivity index (χ4n) is 0.490. The van der Waals surface area contributed by atoms with Gasteiger partial charge in [-0.1, -0.05) is 6.58 Å². The predicted octanol–water partition coefficient (Wildman–Crippen LogP) is 0.350. The van der Waals surface area contributed by atoms with Crippen molar-refractivity contribution >= 4 is 17.9 Å². The molecular formula is C13H22O7. The number of carbonyl (C=O) groups is 3. The molecule has 0 aromatic rings. The van der Waals surface area contributed by atoms with E-state index >= 15 is 0 Å². The van der Waals surface area contributed by atoms with Gasteiger partial charge >= 0.3 is 17.9 Å². The second kappa shape index (κ2) is 8.44. The molecule has 0 fully saturated rings. The molecule has 0 saturated carbocycles. The fraction of sp³-hybridized carbons (Fsp3) is 0.615. The van der Waals surface area contributed by atoms with Crippen molar-refractivity contribution in [1.82, 2.24) is 0 Å². The summed E-state index contributed by atoms with van der Waals surface area (Å²) >= 11 is 0. The van der Waals surface area contributed by atoms with E-state index in [1.807, 2.05) is 0 Å². The van der Waals surface area contributed by atoms with Crippen LogP contribution in [0, 0.1) is 10.8 Å². The highest BCUT2D eigenvalue weighted by Gasteiger charge is 2.36. The van der Waals surface area contributed by atoms with Gasteiger partial charge in [-0.25, -0.2) is 4.79 Å². The number of esters is 2. The lowest BCUT2D eigenvalue weighted by Crippen LogP contribution is -2.38. The summed E-state index contributed by atoms with van der Waals surface area (Å²) in [6.45, 7) is 8.02. The average molecular weight is 290 g/mol. The molecule has 3 N–H and O–H groups in total. The Morgan fingerprint density at radius 2 is 1.25 bits per heavy atom. The van der Waals surface area contributed by atoms with E-state index < -0.39 is 42.0 Å². The molecule has 0 aliphatic heterocycles. The normalized spacial score (nSPS) is 10.9. The Bertz CT molecular complexity index is 343. The molecule has 0 aliphatic rings. The minimum atomic E-state index is -1.11. The zero-order valence-electron chi connectivity index (χ0n) is 12.2. The van der Waals surface area contributed by atoms with Crippen LogP contribution in [0.2, 0.25) is 0 Å². The third-order valence-corrected chi connectivity index (χ3v) is 2.26. The van der Waals surface area contributed by atoms with Gasteiger partial charge in [0, 0.05) is 6.08 Å². The Hall–Kier alpha value is -1.73. The van der Waals surface area contributed by atoms with E-state index in [1.54, 1.807) is 0 Å². The molecule has 7 heteroatoms. The summed E-state index contributed by atoms with van der Waals surface area (Å²) in [6, 6.07) is 0. The number of aliphatic carboxylic acids is 1. The lowest BCUT2D eigenvalue weighted by Gasteiger charge is -2.23. The largest absolute Gasteiger partial charge is 0.478 e. The molecule has 0 saturated heterocycles. The van der Waals surface area contributed by atoms with Crippen LogP contribution in [-0.4, -0.2) is 46.4 Å². The lowest BCUT2D eigenvalue weighted by atomic mass is 9.93. The Morgan fingerprint density at radius 3 is 1.40 bits per heavy atom. The number of rotatable bonds is 5. The number of aliphatic hydroxyl groups is 2. The molecule has 116 valence electrons. The van der Waals surface area contributed by atoms with Gasteiger partial charge in [0.05, 0.1) is 24.0 Å². The van der Waals surface area contributed by atoms with Gasteiger partial charge in [0.2, 0.25) is 0 Å². The smallest absolute Gasteiger partial charge is 0.327 e. The monoisotopic (exact) mass is 290 g/mol. The van der Waals surface area contributed by atoms with E-state index in [-0.39, 0.29) is 0 Å². The van der Waals surface area contributed by atoms with Crippen molar-refractivity contribution in [2.75, 3.05) is 13.2 Å². The number of hydrogen-bond donors (Lipinski definition) is 3. The average Bonchev–Trinajstić information content (AvgIpc) is 2.38. The van der Waals surface area contributed by atoms with E-state index in [4.69, 9.17) is 15.3 Å². The summed E-state index contributed by atoms with van der Waals surface area (Å²) in [5, 5.41) is 25.4. The summed E-state index contributed by atoms with van der Waals surface area (Å²) in [4.78, 5) is 32.0. The van der Waals surface area contributed by atoms with Crippen molar-refractivity contribution in [3.8, 4) is 0 Å². The van der Waals surface area contributed by atoms with E-state index in [0.717, 1.165) is 6.08 Å². The van der Waals surface area contributed by atoms with E-state index in [0.29, 0.717) is 0 Å². The van der Waals surface area contributed by atoms with Crippen LogP contribution >= 0.6 is 0 Å². The Balaban J connectivity index is 0. The Kier molecular flexibility index (Phi) is 8.69. The maximum absolute atomic E-state index is 11.4. The Labute approximate surface area is 117 Å². The van der Waals surface area contributed by atoms with Gasteiger partial charge in [0.1, 0.15) is 0 Å². The van der Waals surface area contributed by atoms with Crippen molar-refractivity contribution in [2.24, 2.45) is 10.8 Å². The van der Waals surface area contributed by atoms with Crippen LogP contribution in [0.3, 0.4) is 0 Å². The molecule has 0 atom stereocenters. The number of hydrogen-bond acceptors (Lipinski definition) is 6. The summed E-state index contributed by atoms with van der Waals surface area (Å²) in [6.07, 6.45) is 0.833. The number of ether oxygens (including phenoxy) is 1. The summed E-state index contributed by atoms with van der Waals surface area (Å²) < 4.78 is 4.56. The van der Waals surface area contributed by atoms with Gasteiger partial charge in [0.25, 0.3) is 0 Å². The van der Waals surface area contributed by atoms with Crippen LogP contribution in [0.4, 0.5) is 0 Å². The molecule has 0 bridgehead atoms. The molecule has 7 nitrogen and oxygen atoms in total. The van der Waals surface area contributed by atoms with Crippen molar-refractivity contribution in [2.45, 2.75) is 27.7 Å². The van der Waals surface area contributed by atoms with Crippen LogP contribution in [-0.2, 0) is 19.1 Å². The molecule has 0 rings (SSSR count). The standard InChI is InChI=1S/C10H18O5.C3H4O2/c1-9(2,5-11)7(13)15-8(14)10(3,4)6-12;1-2-3(4)5/h11-12H,5-6H2,1-4H3;2H,1H2,(H,4,5). The first kappa shape index (κ1) is 20.6. The van der Waals surface area contributed by atoms with Gasteiger partial charge in [-0.05, 0) is 27.7 Å². The number of carboxylic acids is 1. The number of aliphatic hydroxyl groups excluding tert-OH is 2.